The number of hydrogen-bond donors (Lipinski definition) is 1. The van der Waals surface area contributed by atoms with Crippen molar-refractivity contribution in [2.75, 3.05) is 57.1 Å². The Morgan fingerprint density at radius 2 is 1.27 bits per heavy atom. The zero-order chi connectivity index (χ0) is 28.7. The van der Waals surface area contributed by atoms with Crippen LogP contribution in [-0.4, -0.2) is 87.2 Å². The van der Waals surface area contributed by atoms with Crippen molar-refractivity contribution in [2.45, 2.75) is 30.6 Å². The number of likely N-dealkylation sites (tertiary alicyclic amines) is 1. The third-order valence-corrected chi connectivity index (χ3v) is 9.30. The second-order valence-corrected chi connectivity index (χ2v) is 12.4. The van der Waals surface area contributed by atoms with Crippen molar-refractivity contribution in [3.63, 3.8) is 0 Å². The van der Waals surface area contributed by atoms with Crippen LogP contribution in [0.2, 0.25) is 0 Å². The lowest BCUT2D eigenvalue weighted by atomic mass is 10.0. The monoisotopic (exact) mass is 574 g/mol. The maximum absolute atomic E-state index is 13.2. The Balaban J connectivity index is 1.16. The predicted octanol–water partition coefficient (Wildman–Crippen LogP) is 4.35. The van der Waals surface area contributed by atoms with Crippen LogP contribution in [0.1, 0.15) is 52.0 Å². The van der Waals surface area contributed by atoms with Crippen LogP contribution in [0.5, 0.6) is 0 Å². The molecule has 1 amide bonds. The lowest BCUT2D eigenvalue weighted by Crippen LogP contribution is -2.49. The number of amides is 1. The summed E-state index contributed by atoms with van der Waals surface area (Å²) in [7, 11) is -3.98. The summed E-state index contributed by atoms with van der Waals surface area (Å²) in [6, 6.07) is 21.3. The number of para-hydroxylation sites is 1. The minimum absolute atomic E-state index is 0.0227. The minimum atomic E-state index is -3.98. The van der Waals surface area contributed by atoms with Crippen LogP contribution < -0.4 is 4.72 Å². The van der Waals surface area contributed by atoms with Gasteiger partial charge in [0, 0.05) is 42.9 Å². The van der Waals surface area contributed by atoms with Gasteiger partial charge >= 0.3 is 0 Å². The molecule has 0 spiro atoms. The van der Waals surface area contributed by atoms with Crippen LogP contribution in [-0.2, 0) is 10.0 Å². The van der Waals surface area contributed by atoms with Crippen LogP contribution >= 0.6 is 0 Å². The van der Waals surface area contributed by atoms with Crippen molar-refractivity contribution >= 4 is 27.4 Å². The Kier molecular flexibility index (Phi) is 9.49. The Morgan fingerprint density at radius 3 is 1.95 bits per heavy atom. The third kappa shape index (κ3) is 7.41. The van der Waals surface area contributed by atoms with Crippen LogP contribution in [0.25, 0.3) is 0 Å². The van der Waals surface area contributed by atoms with Crippen molar-refractivity contribution in [2.24, 2.45) is 0 Å². The highest BCUT2D eigenvalue weighted by Crippen LogP contribution is 2.23. The molecule has 0 unspecified atom stereocenters. The summed E-state index contributed by atoms with van der Waals surface area (Å²) in [6.45, 7) is 7.68. The van der Waals surface area contributed by atoms with Crippen LogP contribution in [0.3, 0.4) is 0 Å². The van der Waals surface area contributed by atoms with E-state index in [0.717, 1.165) is 32.6 Å². The Bertz CT molecular complexity index is 1430. The number of piperazine rings is 1. The number of benzene rings is 3. The topological polar surface area (TPSA) is 90.0 Å². The molecule has 0 saturated carbocycles. The molecule has 2 saturated heterocycles. The molecule has 0 radical (unpaired) electrons. The van der Waals surface area contributed by atoms with E-state index in [2.05, 4.69) is 14.5 Å². The number of ketones is 1. The molecule has 0 atom stereocenters. The zero-order valence-corrected chi connectivity index (χ0v) is 24.2. The summed E-state index contributed by atoms with van der Waals surface area (Å²) in [6.07, 6.45) is 5.14. The van der Waals surface area contributed by atoms with Gasteiger partial charge in [-0.2, -0.15) is 0 Å². The Labute approximate surface area is 243 Å². The SMILES string of the molecule is O=C(c1ccccc1)c1ccccc1NS(=O)(=O)c1ccc(C(=O)N2CCN(CCCN3CCCCC3)CC2)cc1. The number of nitrogens with one attached hydrogen (secondary N) is 1. The van der Waals surface area contributed by atoms with E-state index in [1.165, 1.54) is 44.5 Å². The molecule has 2 fully saturated rings. The standard InChI is InChI=1S/C32H38N4O4S/c37-31(26-10-3-1-4-11-26)29-12-5-6-13-30(29)33-41(39,40)28-16-14-27(15-17-28)32(38)36-24-22-35(23-25-36)21-9-20-34-18-7-2-8-19-34/h1,3-6,10-17,33H,2,7-9,18-25H2. The summed E-state index contributed by atoms with van der Waals surface area (Å²) in [5, 5.41) is 0. The number of sulfonamides is 1. The molecule has 0 aliphatic carbocycles. The number of carbonyl (C=O) groups excluding carboxylic acids is 2. The average Bonchev–Trinajstić information content (AvgIpc) is 3.02. The highest BCUT2D eigenvalue weighted by molar-refractivity contribution is 7.92. The van der Waals surface area contributed by atoms with Gasteiger partial charge in [-0.25, -0.2) is 8.42 Å². The maximum Gasteiger partial charge on any atom is 0.261 e. The molecule has 3 aromatic carbocycles. The van der Waals surface area contributed by atoms with Crippen molar-refractivity contribution in [3.05, 3.63) is 95.6 Å². The van der Waals surface area contributed by atoms with Crippen LogP contribution in [0.4, 0.5) is 5.69 Å². The van der Waals surface area contributed by atoms with Gasteiger partial charge < -0.3 is 9.80 Å². The molecule has 5 rings (SSSR count). The molecule has 2 aliphatic rings. The molecule has 41 heavy (non-hydrogen) atoms. The zero-order valence-electron chi connectivity index (χ0n) is 23.4. The van der Waals surface area contributed by atoms with Gasteiger partial charge in [-0.3, -0.25) is 19.2 Å². The molecule has 216 valence electrons. The first-order valence-corrected chi connectivity index (χ1v) is 15.9. The highest BCUT2D eigenvalue weighted by Gasteiger charge is 2.24. The first kappa shape index (κ1) is 29.0. The third-order valence-electron chi connectivity index (χ3n) is 7.92. The molecule has 2 heterocycles. The normalized spacial score (nSPS) is 16.8. The Hall–Kier alpha value is -3.53. The van der Waals surface area contributed by atoms with Gasteiger partial charge in [0.2, 0.25) is 0 Å². The summed E-state index contributed by atoms with van der Waals surface area (Å²) < 4.78 is 28.9. The van der Waals surface area contributed by atoms with Gasteiger partial charge in [0.05, 0.1) is 10.6 Å². The van der Waals surface area contributed by atoms with Gasteiger partial charge in [-0.1, -0.05) is 48.9 Å². The lowest BCUT2D eigenvalue weighted by molar-refractivity contribution is 0.0630. The van der Waals surface area contributed by atoms with Gasteiger partial charge in [-0.15, -0.1) is 0 Å². The van der Waals surface area contributed by atoms with Gasteiger partial charge in [-0.05, 0) is 81.8 Å². The molecule has 3 aromatic rings. The van der Waals surface area contributed by atoms with E-state index < -0.39 is 10.0 Å². The largest absolute Gasteiger partial charge is 0.336 e. The van der Waals surface area contributed by atoms with E-state index in [1.807, 2.05) is 11.0 Å². The van der Waals surface area contributed by atoms with Gasteiger partial charge in [0.25, 0.3) is 15.9 Å². The number of anilines is 1. The molecule has 0 aromatic heterocycles. The maximum atomic E-state index is 13.2. The van der Waals surface area contributed by atoms with Crippen LogP contribution in [0, 0.1) is 0 Å². The summed E-state index contributed by atoms with van der Waals surface area (Å²) in [5.74, 6) is -0.361. The van der Waals surface area contributed by atoms with Crippen LogP contribution in [0.15, 0.2) is 83.8 Å². The second kappa shape index (κ2) is 13.4. The fraction of sp³-hybridized carbons (Fsp3) is 0.375. The average molecular weight is 575 g/mol. The fourth-order valence-corrected chi connectivity index (χ4v) is 6.63. The highest BCUT2D eigenvalue weighted by atomic mass is 32.2. The van der Waals surface area contributed by atoms with Crippen molar-refractivity contribution < 1.29 is 18.0 Å². The fourth-order valence-electron chi connectivity index (χ4n) is 5.55. The van der Waals surface area contributed by atoms with E-state index in [0.29, 0.717) is 24.2 Å². The molecular formula is C32H38N4O4S. The number of piperidine rings is 1. The quantitative estimate of drug-likeness (QED) is 0.362. The molecule has 0 bridgehead atoms. The summed E-state index contributed by atoms with van der Waals surface area (Å²) in [5.41, 5.74) is 1.40. The van der Waals surface area contributed by atoms with Gasteiger partial charge in [0.1, 0.15) is 0 Å². The number of nitrogens with zero attached hydrogens (tertiary/aromatic N) is 3. The lowest BCUT2D eigenvalue weighted by Gasteiger charge is -2.35. The van der Waals surface area contributed by atoms with Crippen molar-refractivity contribution in [3.8, 4) is 0 Å². The van der Waals surface area contributed by atoms with E-state index in [1.54, 1.807) is 60.7 Å². The number of carbonyl (C=O) groups is 2. The minimum Gasteiger partial charge on any atom is -0.336 e. The summed E-state index contributed by atoms with van der Waals surface area (Å²) >= 11 is 0. The molecule has 2 aliphatic heterocycles. The van der Waals surface area contributed by atoms with E-state index in [-0.39, 0.29) is 27.8 Å². The van der Waals surface area contributed by atoms with Crippen molar-refractivity contribution in [1.82, 2.24) is 14.7 Å². The Morgan fingerprint density at radius 1 is 0.659 bits per heavy atom. The van der Waals surface area contributed by atoms with E-state index in [9.17, 15) is 18.0 Å². The summed E-state index contributed by atoms with van der Waals surface area (Å²) in [4.78, 5) is 33.0. The number of rotatable bonds is 10. The second-order valence-electron chi connectivity index (χ2n) is 10.8. The first-order valence-electron chi connectivity index (χ1n) is 14.5. The van der Waals surface area contributed by atoms with E-state index >= 15 is 0 Å². The number of hydrogen-bond acceptors (Lipinski definition) is 6. The first-order chi connectivity index (χ1) is 19.9. The predicted molar refractivity (Wildman–Crippen MR) is 161 cm³/mol. The molecular weight excluding hydrogens is 536 g/mol. The van der Waals surface area contributed by atoms with E-state index in [4.69, 9.17) is 0 Å². The van der Waals surface area contributed by atoms with Crippen molar-refractivity contribution in [1.29, 1.82) is 0 Å². The smallest absolute Gasteiger partial charge is 0.261 e. The molecule has 9 heteroatoms. The molecule has 1 N–H and O–H groups in total. The van der Waals surface area contributed by atoms with Gasteiger partial charge in [0.15, 0.2) is 5.78 Å². The molecule has 8 nitrogen and oxygen atoms in total.